The fourth-order valence-electron chi connectivity index (χ4n) is 3.67. The average Bonchev–Trinajstić information content (AvgIpc) is 3.13. The number of carbonyl (C=O) groups is 1. The first-order valence-corrected chi connectivity index (χ1v) is 11.8. The van der Waals surface area contributed by atoms with Crippen molar-refractivity contribution in [1.82, 2.24) is 4.98 Å². The average molecular weight is 441 g/mol. The molecule has 150 valence electrons. The summed E-state index contributed by atoms with van der Waals surface area (Å²) in [5.74, 6) is 0.253. The zero-order chi connectivity index (χ0) is 20.3. The van der Waals surface area contributed by atoms with Crippen LogP contribution in [0.4, 0.5) is 5.82 Å². The van der Waals surface area contributed by atoms with Gasteiger partial charge in [0.1, 0.15) is 5.82 Å². The summed E-state index contributed by atoms with van der Waals surface area (Å²) in [6.45, 7) is 0. The van der Waals surface area contributed by atoms with Gasteiger partial charge in [0.15, 0.2) is 9.84 Å². The smallest absolute Gasteiger partial charge is 0.233 e. The van der Waals surface area contributed by atoms with Gasteiger partial charge in [0.2, 0.25) is 5.91 Å². The van der Waals surface area contributed by atoms with Crippen LogP contribution in [0.2, 0.25) is 10.0 Å². The predicted molar refractivity (Wildman–Crippen MR) is 112 cm³/mol. The summed E-state index contributed by atoms with van der Waals surface area (Å²) in [7, 11) is -3.43. The Labute approximate surface area is 175 Å². The van der Waals surface area contributed by atoms with Gasteiger partial charge in [-0.05, 0) is 42.2 Å². The third kappa shape index (κ3) is 5.25. The molecule has 3 rings (SSSR count). The number of rotatable bonds is 6. The minimum absolute atomic E-state index is 0.0670. The maximum absolute atomic E-state index is 13.0. The quantitative estimate of drug-likeness (QED) is 0.677. The first-order valence-electron chi connectivity index (χ1n) is 9.16. The number of nitrogens with one attached hydrogen (secondary N) is 1. The number of halogens is 2. The fraction of sp³-hybridized carbons (Fsp3) is 0.400. The third-order valence-electron chi connectivity index (χ3n) is 5.10. The lowest BCUT2D eigenvalue weighted by Gasteiger charge is -2.21. The van der Waals surface area contributed by atoms with E-state index in [0.717, 1.165) is 19.1 Å². The van der Waals surface area contributed by atoms with Crippen LogP contribution in [-0.4, -0.2) is 25.6 Å². The largest absolute Gasteiger partial charge is 0.310 e. The topological polar surface area (TPSA) is 76.1 Å². The molecule has 1 atom stereocenters. The number of benzene rings is 1. The highest BCUT2D eigenvalue weighted by atomic mass is 35.5. The highest BCUT2D eigenvalue weighted by Gasteiger charge is 2.28. The lowest BCUT2D eigenvalue weighted by Crippen LogP contribution is -2.23. The number of pyridine rings is 1. The van der Waals surface area contributed by atoms with Crippen LogP contribution >= 0.6 is 23.2 Å². The number of nitrogens with zero attached hydrogens (tertiary/aromatic N) is 1. The van der Waals surface area contributed by atoms with E-state index >= 15 is 0 Å². The molecule has 0 saturated heterocycles. The highest BCUT2D eigenvalue weighted by molar-refractivity contribution is 7.90. The summed E-state index contributed by atoms with van der Waals surface area (Å²) in [4.78, 5) is 17.2. The molecule has 5 nitrogen and oxygen atoms in total. The van der Waals surface area contributed by atoms with Gasteiger partial charge in [0.05, 0.1) is 20.9 Å². The fourth-order valence-corrected chi connectivity index (χ4v) is 5.12. The van der Waals surface area contributed by atoms with E-state index in [1.165, 1.54) is 25.1 Å². The van der Waals surface area contributed by atoms with E-state index in [1.54, 1.807) is 24.3 Å². The van der Waals surface area contributed by atoms with Crippen LogP contribution in [0.15, 0.2) is 41.4 Å². The lowest BCUT2D eigenvalue weighted by atomic mass is 9.87. The van der Waals surface area contributed by atoms with Crippen molar-refractivity contribution < 1.29 is 13.2 Å². The molecule has 1 aromatic carbocycles. The number of hydrogen-bond donors (Lipinski definition) is 1. The molecule has 0 spiro atoms. The van der Waals surface area contributed by atoms with Crippen molar-refractivity contribution in [1.29, 1.82) is 0 Å². The van der Waals surface area contributed by atoms with Crippen molar-refractivity contribution in [2.45, 2.75) is 42.9 Å². The second kappa shape index (κ2) is 8.80. The van der Waals surface area contributed by atoms with Crippen molar-refractivity contribution >= 4 is 44.8 Å². The monoisotopic (exact) mass is 440 g/mol. The zero-order valence-electron chi connectivity index (χ0n) is 15.5. The normalized spacial score (nSPS) is 16.1. The van der Waals surface area contributed by atoms with Crippen LogP contribution in [0.1, 0.15) is 43.6 Å². The molecule has 1 heterocycles. The molecule has 1 N–H and O–H groups in total. The van der Waals surface area contributed by atoms with Crippen molar-refractivity contribution in [3.8, 4) is 0 Å². The van der Waals surface area contributed by atoms with Gasteiger partial charge in [0, 0.05) is 12.5 Å². The van der Waals surface area contributed by atoms with E-state index < -0.39 is 15.8 Å². The van der Waals surface area contributed by atoms with Crippen molar-refractivity contribution in [2.75, 3.05) is 11.6 Å². The van der Waals surface area contributed by atoms with Gasteiger partial charge in [-0.1, -0.05) is 55.0 Å². The Bertz CT molecular complexity index is 956. The summed E-state index contributed by atoms with van der Waals surface area (Å²) >= 11 is 12.1. The Morgan fingerprint density at radius 3 is 2.50 bits per heavy atom. The SMILES string of the molecule is CS(=O)(=O)c1ccc(C(CC2CCCC2)C(=O)Nc2ccc(Cl)cn2)cc1Cl. The Balaban J connectivity index is 1.88. The van der Waals surface area contributed by atoms with E-state index in [1.807, 2.05) is 0 Å². The molecule has 1 fully saturated rings. The highest BCUT2D eigenvalue weighted by Crippen LogP contribution is 2.36. The molecule has 0 aliphatic heterocycles. The van der Waals surface area contributed by atoms with Crippen molar-refractivity contribution in [3.05, 3.63) is 52.1 Å². The zero-order valence-corrected chi connectivity index (χ0v) is 17.8. The minimum Gasteiger partial charge on any atom is -0.310 e. The Hall–Kier alpha value is -1.63. The Kier molecular flexibility index (Phi) is 6.63. The molecule has 1 aliphatic carbocycles. The van der Waals surface area contributed by atoms with Gasteiger partial charge >= 0.3 is 0 Å². The summed E-state index contributed by atoms with van der Waals surface area (Å²) in [5.41, 5.74) is 0.704. The summed E-state index contributed by atoms with van der Waals surface area (Å²) in [6, 6.07) is 8.05. The molecular weight excluding hydrogens is 419 g/mol. The number of sulfone groups is 1. The number of hydrogen-bond acceptors (Lipinski definition) is 4. The molecule has 1 amide bonds. The standard InChI is InChI=1S/C20H22Cl2N2O3S/c1-28(26,27)18-8-6-14(11-17(18)22)16(10-13-4-2-3-5-13)20(25)24-19-9-7-15(21)12-23-19/h6-9,11-13,16H,2-5,10H2,1H3,(H,23,24,25). The molecule has 1 saturated carbocycles. The van der Waals surface area contributed by atoms with Gasteiger partial charge < -0.3 is 5.32 Å². The lowest BCUT2D eigenvalue weighted by molar-refractivity contribution is -0.118. The van der Waals surface area contributed by atoms with Crippen LogP contribution < -0.4 is 5.32 Å². The minimum atomic E-state index is -3.43. The molecule has 8 heteroatoms. The van der Waals surface area contributed by atoms with Gasteiger partial charge in [-0.3, -0.25) is 4.79 Å². The van der Waals surface area contributed by atoms with Gasteiger partial charge in [-0.25, -0.2) is 13.4 Å². The Morgan fingerprint density at radius 1 is 1.21 bits per heavy atom. The first kappa shape index (κ1) is 21.1. The Morgan fingerprint density at radius 2 is 1.93 bits per heavy atom. The van der Waals surface area contributed by atoms with E-state index in [4.69, 9.17) is 23.2 Å². The molecule has 1 unspecified atom stereocenters. The molecule has 2 aromatic rings. The second-order valence-corrected chi connectivity index (χ2v) is 10.1. The molecule has 28 heavy (non-hydrogen) atoms. The van der Waals surface area contributed by atoms with Crippen molar-refractivity contribution in [3.63, 3.8) is 0 Å². The molecule has 0 radical (unpaired) electrons. The van der Waals surface area contributed by atoms with Crippen LogP contribution in [0.3, 0.4) is 0 Å². The van der Waals surface area contributed by atoms with E-state index in [0.29, 0.717) is 28.7 Å². The van der Waals surface area contributed by atoms with E-state index in [2.05, 4.69) is 10.3 Å². The summed E-state index contributed by atoms with van der Waals surface area (Å²) in [6.07, 6.45) is 7.81. The molecular formula is C20H22Cl2N2O3S. The second-order valence-electron chi connectivity index (χ2n) is 7.25. The number of amides is 1. The van der Waals surface area contributed by atoms with Gasteiger partial charge in [0.25, 0.3) is 0 Å². The predicted octanol–water partition coefficient (Wildman–Crippen LogP) is 5.09. The number of carbonyl (C=O) groups excluding carboxylic acids is 1. The molecule has 1 aliphatic rings. The van der Waals surface area contributed by atoms with Crippen molar-refractivity contribution in [2.24, 2.45) is 5.92 Å². The summed E-state index contributed by atoms with van der Waals surface area (Å²) in [5, 5.41) is 3.46. The maximum atomic E-state index is 13.0. The van der Waals surface area contributed by atoms with E-state index in [-0.39, 0.29) is 15.8 Å². The maximum Gasteiger partial charge on any atom is 0.233 e. The first-order chi connectivity index (χ1) is 13.2. The summed E-state index contributed by atoms with van der Waals surface area (Å²) < 4.78 is 23.7. The van der Waals surface area contributed by atoms with Crippen LogP contribution in [0.25, 0.3) is 0 Å². The van der Waals surface area contributed by atoms with Crippen LogP contribution in [-0.2, 0) is 14.6 Å². The van der Waals surface area contributed by atoms with Gasteiger partial charge in [-0.15, -0.1) is 0 Å². The number of anilines is 1. The third-order valence-corrected chi connectivity index (χ3v) is 6.90. The van der Waals surface area contributed by atoms with Crippen LogP contribution in [0, 0.1) is 5.92 Å². The molecule has 1 aromatic heterocycles. The van der Waals surface area contributed by atoms with E-state index in [9.17, 15) is 13.2 Å². The number of aromatic nitrogens is 1. The van der Waals surface area contributed by atoms with Gasteiger partial charge in [-0.2, -0.15) is 0 Å². The van der Waals surface area contributed by atoms with Crippen LogP contribution in [0.5, 0.6) is 0 Å². The molecule has 0 bridgehead atoms.